The van der Waals surface area contributed by atoms with Crippen molar-refractivity contribution in [2.24, 2.45) is 0 Å². The molecule has 156 valence electrons. The summed E-state index contributed by atoms with van der Waals surface area (Å²) in [5.41, 5.74) is -4.42. The Morgan fingerprint density at radius 1 is 1.00 bits per heavy atom. The summed E-state index contributed by atoms with van der Waals surface area (Å²) in [5.74, 6) is -0.116. The van der Waals surface area contributed by atoms with E-state index in [1.54, 1.807) is 4.90 Å². The standard InChI is InChI=1S/C20H21F3N2O3S/c21-20(22,23)29(27,28)18-9-5-4-8-17(18)25-12-10-16(11-13-25)24-19(26)14-15-6-2-1-3-7-15/h1-9,16H,10-14H2,(H,24,26). The predicted octanol–water partition coefficient (Wildman–Crippen LogP) is 3.31. The molecule has 5 nitrogen and oxygen atoms in total. The van der Waals surface area contributed by atoms with E-state index in [-0.39, 0.29) is 24.1 Å². The molecule has 0 bridgehead atoms. The van der Waals surface area contributed by atoms with Crippen molar-refractivity contribution in [1.29, 1.82) is 0 Å². The number of halogens is 3. The van der Waals surface area contributed by atoms with Crippen LogP contribution in [0.15, 0.2) is 59.5 Å². The van der Waals surface area contributed by atoms with Crippen LogP contribution < -0.4 is 10.2 Å². The van der Waals surface area contributed by atoms with E-state index in [1.807, 2.05) is 30.3 Å². The summed E-state index contributed by atoms with van der Waals surface area (Å²) in [5, 5.41) is 2.94. The number of piperidine rings is 1. The van der Waals surface area contributed by atoms with Crippen molar-refractivity contribution in [3.05, 3.63) is 60.2 Å². The molecule has 1 heterocycles. The van der Waals surface area contributed by atoms with Crippen LogP contribution in [-0.4, -0.2) is 39.0 Å². The molecule has 29 heavy (non-hydrogen) atoms. The van der Waals surface area contributed by atoms with Gasteiger partial charge in [-0.1, -0.05) is 42.5 Å². The van der Waals surface area contributed by atoms with E-state index < -0.39 is 20.2 Å². The summed E-state index contributed by atoms with van der Waals surface area (Å²) in [6.07, 6.45) is 1.29. The quantitative estimate of drug-likeness (QED) is 0.797. The van der Waals surface area contributed by atoms with E-state index in [9.17, 15) is 26.4 Å². The topological polar surface area (TPSA) is 66.5 Å². The zero-order chi connectivity index (χ0) is 21.1. The Morgan fingerprint density at radius 3 is 2.21 bits per heavy atom. The monoisotopic (exact) mass is 426 g/mol. The summed E-state index contributed by atoms with van der Waals surface area (Å²) in [4.78, 5) is 13.1. The Bertz CT molecular complexity index is 954. The largest absolute Gasteiger partial charge is 0.501 e. The number of alkyl halides is 3. The summed E-state index contributed by atoms with van der Waals surface area (Å²) < 4.78 is 62.8. The molecule has 0 radical (unpaired) electrons. The van der Waals surface area contributed by atoms with E-state index >= 15 is 0 Å². The fourth-order valence-electron chi connectivity index (χ4n) is 3.40. The minimum Gasteiger partial charge on any atom is -0.370 e. The zero-order valence-electron chi connectivity index (χ0n) is 15.5. The first kappa shape index (κ1) is 21.2. The van der Waals surface area contributed by atoms with Gasteiger partial charge >= 0.3 is 5.51 Å². The van der Waals surface area contributed by atoms with E-state index in [1.165, 1.54) is 18.2 Å². The van der Waals surface area contributed by atoms with Crippen LogP contribution in [0.25, 0.3) is 0 Å². The number of nitrogens with one attached hydrogen (secondary N) is 1. The molecule has 1 N–H and O–H groups in total. The van der Waals surface area contributed by atoms with Crippen LogP contribution in [0.1, 0.15) is 18.4 Å². The molecule has 9 heteroatoms. The van der Waals surface area contributed by atoms with Gasteiger partial charge in [-0.15, -0.1) is 0 Å². The van der Waals surface area contributed by atoms with Crippen LogP contribution in [0.5, 0.6) is 0 Å². The highest BCUT2D eigenvalue weighted by atomic mass is 32.2. The number of benzene rings is 2. The fraction of sp³-hybridized carbons (Fsp3) is 0.350. The highest BCUT2D eigenvalue weighted by Gasteiger charge is 2.48. The molecule has 2 aromatic carbocycles. The summed E-state index contributed by atoms with van der Waals surface area (Å²) in [7, 11) is -5.43. The molecule has 3 rings (SSSR count). The fourth-order valence-corrected chi connectivity index (χ4v) is 4.37. The van der Waals surface area contributed by atoms with Gasteiger partial charge in [0.2, 0.25) is 5.91 Å². The normalized spacial score (nSPS) is 15.9. The van der Waals surface area contributed by atoms with Crippen molar-refractivity contribution >= 4 is 21.4 Å². The van der Waals surface area contributed by atoms with Gasteiger partial charge in [-0.3, -0.25) is 4.79 Å². The number of para-hydroxylation sites is 1. The van der Waals surface area contributed by atoms with Crippen molar-refractivity contribution in [3.8, 4) is 0 Å². The SMILES string of the molecule is O=C(Cc1ccccc1)NC1CCN(c2ccccc2S(=O)(=O)C(F)(F)F)CC1. The minimum absolute atomic E-state index is 0.0406. The molecule has 0 aromatic heterocycles. The van der Waals surface area contributed by atoms with Crippen LogP contribution in [0.3, 0.4) is 0 Å². The number of sulfone groups is 1. The molecule has 1 aliphatic heterocycles. The van der Waals surface area contributed by atoms with Gasteiger partial charge in [-0.2, -0.15) is 13.2 Å². The maximum atomic E-state index is 13.0. The number of carbonyl (C=O) groups is 1. The lowest BCUT2D eigenvalue weighted by molar-refractivity contribution is -0.121. The highest BCUT2D eigenvalue weighted by Crippen LogP contribution is 2.36. The van der Waals surface area contributed by atoms with Crippen molar-refractivity contribution in [1.82, 2.24) is 5.32 Å². The Kier molecular flexibility index (Phi) is 6.16. The Balaban J connectivity index is 1.64. The number of hydrogen-bond acceptors (Lipinski definition) is 4. The Labute approximate surface area is 167 Å². The second-order valence-electron chi connectivity index (χ2n) is 6.91. The molecule has 0 spiro atoms. The van der Waals surface area contributed by atoms with E-state index in [0.717, 1.165) is 11.6 Å². The molecule has 0 saturated carbocycles. The average molecular weight is 426 g/mol. The number of rotatable bonds is 5. The molecule has 1 saturated heterocycles. The Morgan fingerprint density at radius 2 is 1.59 bits per heavy atom. The summed E-state index contributed by atoms with van der Waals surface area (Å²) in [6.45, 7) is 0.696. The van der Waals surface area contributed by atoms with Crippen LogP contribution >= 0.6 is 0 Å². The predicted molar refractivity (Wildman–Crippen MR) is 103 cm³/mol. The number of nitrogens with zero attached hydrogens (tertiary/aromatic N) is 1. The first-order valence-electron chi connectivity index (χ1n) is 9.17. The minimum atomic E-state index is -5.43. The first-order chi connectivity index (χ1) is 13.7. The third-order valence-corrected chi connectivity index (χ3v) is 6.40. The van der Waals surface area contributed by atoms with E-state index in [4.69, 9.17) is 0 Å². The van der Waals surface area contributed by atoms with Gasteiger partial charge in [0.1, 0.15) is 0 Å². The lowest BCUT2D eigenvalue weighted by atomic mass is 10.0. The second kappa shape index (κ2) is 8.44. The van der Waals surface area contributed by atoms with Crippen molar-refractivity contribution in [3.63, 3.8) is 0 Å². The number of carbonyl (C=O) groups excluding carboxylic acids is 1. The van der Waals surface area contributed by atoms with Crippen molar-refractivity contribution in [2.75, 3.05) is 18.0 Å². The number of anilines is 1. The maximum absolute atomic E-state index is 13.0. The van der Waals surface area contributed by atoms with Gasteiger partial charge in [0.25, 0.3) is 9.84 Å². The molecule has 0 atom stereocenters. The van der Waals surface area contributed by atoms with Crippen LogP contribution in [0.2, 0.25) is 0 Å². The third kappa shape index (κ3) is 4.90. The van der Waals surface area contributed by atoms with Crippen LogP contribution in [0, 0.1) is 0 Å². The van der Waals surface area contributed by atoms with Crippen molar-refractivity contribution in [2.45, 2.75) is 35.7 Å². The second-order valence-corrected chi connectivity index (χ2v) is 8.82. The third-order valence-electron chi connectivity index (χ3n) is 4.87. The molecule has 1 amide bonds. The van der Waals surface area contributed by atoms with Gasteiger partial charge in [0.15, 0.2) is 0 Å². The van der Waals surface area contributed by atoms with E-state index in [0.29, 0.717) is 25.9 Å². The van der Waals surface area contributed by atoms with Gasteiger partial charge in [-0.25, -0.2) is 8.42 Å². The van der Waals surface area contributed by atoms with Gasteiger partial charge in [0.05, 0.1) is 17.0 Å². The molecular formula is C20H21F3N2O3S. The van der Waals surface area contributed by atoms with E-state index in [2.05, 4.69) is 5.32 Å². The molecule has 1 aliphatic rings. The summed E-state index contributed by atoms with van der Waals surface area (Å²) >= 11 is 0. The molecule has 0 unspecified atom stereocenters. The van der Waals surface area contributed by atoms with Crippen molar-refractivity contribution < 1.29 is 26.4 Å². The number of amides is 1. The number of hydrogen-bond donors (Lipinski definition) is 1. The summed E-state index contributed by atoms with van der Waals surface area (Å²) in [6, 6.07) is 14.3. The lowest BCUT2D eigenvalue weighted by Gasteiger charge is -2.35. The van der Waals surface area contributed by atoms with Gasteiger partial charge in [-0.05, 0) is 30.5 Å². The molecule has 2 aromatic rings. The molecular weight excluding hydrogens is 405 g/mol. The zero-order valence-corrected chi connectivity index (χ0v) is 16.3. The van der Waals surface area contributed by atoms with Crippen LogP contribution in [0.4, 0.5) is 18.9 Å². The van der Waals surface area contributed by atoms with Gasteiger partial charge < -0.3 is 10.2 Å². The maximum Gasteiger partial charge on any atom is 0.501 e. The lowest BCUT2D eigenvalue weighted by Crippen LogP contribution is -2.45. The highest BCUT2D eigenvalue weighted by molar-refractivity contribution is 7.92. The molecule has 1 fully saturated rings. The average Bonchev–Trinajstić information content (AvgIpc) is 2.68. The smallest absolute Gasteiger partial charge is 0.370 e. The Hall–Kier alpha value is -2.55. The first-order valence-corrected chi connectivity index (χ1v) is 10.7. The van der Waals surface area contributed by atoms with Gasteiger partial charge in [0, 0.05) is 19.1 Å². The van der Waals surface area contributed by atoms with Crippen LogP contribution in [-0.2, 0) is 21.1 Å². The molecule has 0 aliphatic carbocycles.